The van der Waals surface area contributed by atoms with E-state index in [1.807, 2.05) is 12.1 Å². The number of benzene rings is 1. The number of aromatic nitrogens is 1. The summed E-state index contributed by atoms with van der Waals surface area (Å²) < 4.78 is 3.22. The molecule has 1 aromatic heterocycles. The minimum Gasteiger partial charge on any atom is -0.318 e. The van der Waals surface area contributed by atoms with E-state index >= 15 is 0 Å². The first-order valence-corrected chi connectivity index (χ1v) is 10.3. The lowest BCUT2D eigenvalue weighted by atomic mass is 9.95. The second-order valence-electron chi connectivity index (χ2n) is 7.15. The number of nitrogens with one attached hydrogen (secondary N) is 2. The molecule has 1 aliphatic rings. The molecule has 1 aliphatic carbocycles. The number of amides is 1. The van der Waals surface area contributed by atoms with Gasteiger partial charge in [-0.05, 0) is 51.0 Å². The standard InChI is InChI=1S/C21H27BrN4O/c1-15-11-17(16(2)26(15)20-10-6-7-18(22)12-20)13-24-25-21(27)14-23-19-8-4-3-5-9-19/h6-7,10-13,19,23H,3-5,8-9,14H2,1-2H3,(H,25,27)/b24-13-. The van der Waals surface area contributed by atoms with Crippen molar-refractivity contribution in [2.24, 2.45) is 5.10 Å². The van der Waals surface area contributed by atoms with Gasteiger partial charge in [-0.3, -0.25) is 4.79 Å². The van der Waals surface area contributed by atoms with E-state index < -0.39 is 0 Å². The van der Waals surface area contributed by atoms with Crippen molar-refractivity contribution >= 4 is 28.1 Å². The predicted molar refractivity (Wildman–Crippen MR) is 114 cm³/mol. The average molecular weight is 431 g/mol. The molecule has 0 atom stereocenters. The fraction of sp³-hybridized carbons (Fsp3) is 0.429. The Morgan fingerprint density at radius 3 is 2.78 bits per heavy atom. The molecule has 1 amide bonds. The maximum absolute atomic E-state index is 12.0. The van der Waals surface area contributed by atoms with Crippen LogP contribution in [0, 0.1) is 13.8 Å². The third-order valence-corrected chi connectivity index (χ3v) is 5.58. The predicted octanol–water partition coefficient (Wildman–Crippen LogP) is 4.23. The molecule has 3 rings (SSSR count). The van der Waals surface area contributed by atoms with E-state index in [1.165, 1.54) is 19.3 Å². The summed E-state index contributed by atoms with van der Waals surface area (Å²) in [5.74, 6) is -0.0994. The van der Waals surface area contributed by atoms with Gasteiger partial charge in [0.2, 0.25) is 0 Å². The monoisotopic (exact) mass is 430 g/mol. The van der Waals surface area contributed by atoms with Gasteiger partial charge >= 0.3 is 0 Å². The van der Waals surface area contributed by atoms with Crippen LogP contribution in [-0.4, -0.2) is 29.3 Å². The first-order chi connectivity index (χ1) is 13.0. The first kappa shape index (κ1) is 19.8. The molecule has 0 aliphatic heterocycles. The van der Waals surface area contributed by atoms with E-state index in [-0.39, 0.29) is 5.91 Å². The van der Waals surface area contributed by atoms with Gasteiger partial charge in [-0.2, -0.15) is 5.10 Å². The molecule has 1 heterocycles. The second-order valence-corrected chi connectivity index (χ2v) is 8.07. The lowest BCUT2D eigenvalue weighted by molar-refractivity contribution is -0.120. The summed E-state index contributed by atoms with van der Waals surface area (Å²) in [5.41, 5.74) is 6.93. The Morgan fingerprint density at radius 1 is 1.26 bits per heavy atom. The Hall–Kier alpha value is -1.92. The van der Waals surface area contributed by atoms with Gasteiger partial charge in [-0.15, -0.1) is 0 Å². The fourth-order valence-electron chi connectivity index (χ4n) is 3.69. The third-order valence-electron chi connectivity index (χ3n) is 5.09. The zero-order chi connectivity index (χ0) is 19.2. The van der Waals surface area contributed by atoms with Crippen LogP contribution in [0.15, 0.2) is 39.9 Å². The maximum Gasteiger partial charge on any atom is 0.254 e. The molecule has 6 heteroatoms. The lowest BCUT2D eigenvalue weighted by Gasteiger charge is -2.22. The number of hydrogen-bond acceptors (Lipinski definition) is 3. The molecule has 27 heavy (non-hydrogen) atoms. The third kappa shape index (κ3) is 5.30. The molecule has 0 spiro atoms. The highest BCUT2D eigenvalue weighted by molar-refractivity contribution is 9.10. The molecule has 1 aromatic carbocycles. The SMILES string of the molecule is Cc1cc(/C=N\NC(=O)CNC2CCCCC2)c(C)n1-c1cccc(Br)c1. The number of hydrogen-bond donors (Lipinski definition) is 2. The molecule has 1 fully saturated rings. The van der Waals surface area contributed by atoms with E-state index in [2.05, 4.69) is 68.4 Å². The average Bonchev–Trinajstić information content (AvgIpc) is 2.94. The molecule has 1 saturated carbocycles. The van der Waals surface area contributed by atoms with Gasteiger partial charge < -0.3 is 9.88 Å². The molecule has 0 saturated heterocycles. The van der Waals surface area contributed by atoms with Crippen molar-refractivity contribution in [1.29, 1.82) is 0 Å². The van der Waals surface area contributed by atoms with Crippen molar-refractivity contribution in [3.05, 3.63) is 51.8 Å². The van der Waals surface area contributed by atoms with Crippen LogP contribution < -0.4 is 10.7 Å². The number of rotatable bonds is 6. The maximum atomic E-state index is 12.0. The van der Waals surface area contributed by atoms with Crippen molar-refractivity contribution in [2.45, 2.75) is 52.0 Å². The van der Waals surface area contributed by atoms with Gasteiger partial charge in [0.1, 0.15) is 0 Å². The fourth-order valence-corrected chi connectivity index (χ4v) is 4.08. The van der Waals surface area contributed by atoms with Gasteiger partial charge in [-0.25, -0.2) is 5.43 Å². The van der Waals surface area contributed by atoms with E-state index in [0.29, 0.717) is 12.6 Å². The minimum atomic E-state index is -0.0994. The zero-order valence-electron chi connectivity index (χ0n) is 16.0. The number of aryl methyl sites for hydroxylation is 1. The Labute approximate surface area is 169 Å². The largest absolute Gasteiger partial charge is 0.318 e. The summed E-state index contributed by atoms with van der Waals surface area (Å²) in [5, 5.41) is 7.47. The van der Waals surface area contributed by atoms with Crippen LogP contribution in [0.5, 0.6) is 0 Å². The quantitative estimate of drug-likeness (QED) is 0.531. The van der Waals surface area contributed by atoms with E-state index in [9.17, 15) is 4.79 Å². The molecule has 0 unspecified atom stereocenters. The molecular weight excluding hydrogens is 404 g/mol. The summed E-state index contributed by atoms with van der Waals surface area (Å²) in [6.07, 6.45) is 7.87. The van der Waals surface area contributed by atoms with Crippen molar-refractivity contribution in [3.63, 3.8) is 0 Å². The Bertz CT molecular complexity index is 822. The summed E-state index contributed by atoms with van der Waals surface area (Å²) in [6, 6.07) is 10.7. The van der Waals surface area contributed by atoms with Crippen molar-refractivity contribution in [1.82, 2.24) is 15.3 Å². The van der Waals surface area contributed by atoms with Gasteiger partial charge in [0.25, 0.3) is 5.91 Å². The highest BCUT2D eigenvalue weighted by Gasteiger charge is 2.14. The molecule has 0 bridgehead atoms. The van der Waals surface area contributed by atoms with Crippen LogP contribution in [0.2, 0.25) is 0 Å². The van der Waals surface area contributed by atoms with Crippen molar-refractivity contribution in [2.75, 3.05) is 6.54 Å². The van der Waals surface area contributed by atoms with E-state index in [0.717, 1.165) is 40.0 Å². The van der Waals surface area contributed by atoms with Crippen molar-refractivity contribution < 1.29 is 4.79 Å². The van der Waals surface area contributed by atoms with Crippen LogP contribution in [0.25, 0.3) is 5.69 Å². The minimum absolute atomic E-state index is 0.0994. The molecule has 2 N–H and O–H groups in total. The van der Waals surface area contributed by atoms with Crippen LogP contribution in [0.1, 0.15) is 49.1 Å². The molecule has 0 radical (unpaired) electrons. The Kier molecular flexibility index (Phi) is 6.85. The Balaban J connectivity index is 1.59. The summed E-state index contributed by atoms with van der Waals surface area (Å²) in [4.78, 5) is 12.0. The highest BCUT2D eigenvalue weighted by atomic mass is 79.9. The highest BCUT2D eigenvalue weighted by Crippen LogP contribution is 2.22. The van der Waals surface area contributed by atoms with Crippen molar-refractivity contribution in [3.8, 4) is 5.69 Å². The van der Waals surface area contributed by atoms with Crippen LogP contribution in [0.4, 0.5) is 0 Å². The van der Waals surface area contributed by atoms with Gasteiger partial charge in [0.05, 0.1) is 12.8 Å². The number of carbonyl (C=O) groups excluding carboxylic acids is 1. The summed E-state index contributed by atoms with van der Waals surface area (Å²) in [7, 11) is 0. The zero-order valence-corrected chi connectivity index (χ0v) is 17.6. The number of hydrazone groups is 1. The van der Waals surface area contributed by atoms with Crippen LogP contribution in [0.3, 0.4) is 0 Å². The number of carbonyl (C=O) groups is 1. The summed E-state index contributed by atoms with van der Waals surface area (Å²) >= 11 is 3.52. The first-order valence-electron chi connectivity index (χ1n) is 9.55. The van der Waals surface area contributed by atoms with Crippen LogP contribution >= 0.6 is 15.9 Å². The molecule has 2 aromatic rings. The number of halogens is 1. The van der Waals surface area contributed by atoms with E-state index in [1.54, 1.807) is 6.21 Å². The topological polar surface area (TPSA) is 58.4 Å². The molecule has 5 nitrogen and oxygen atoms in total. The second kappa shape index (κ2) is 9.33. The number of nitrogens with zero attached hydrogens (tertiary/aromatic N) is 2. The Morgan fingerprint density at radius 2 is 2.04 bits per heavy atom. The molecular formula is C21H27BrN4O. The van der Waals surface area contributed by atoms with Gasteiger partial charge in [0, 0.05) is 33.2 Å². The smallest absolute Gasteiger partial charge is 0.254 e. The van der Waals surface area contributed by atoms with Gasteiger partial charge in [0.15, 0.2) is 0 Å². The van der Waals surface area contributed by atoms with E-state index in [4.69, 9.17) is 0 Å². The summed E-state index contributed by atoms with van der Waals surface area (Å²) in [6.45, 7) is 4.44. The van der Waals surface area contributed by atoms with Gasteiger partial charge in [-0.1, -0.05) is 41.3 Å². The van der Waals surface area contributed by atoms with Crippen LogP contribution in [-0.2, 0) is 4.79 Å². The lowest BCUT2D eigenvalue weighted by Crippen LogP contribution is -2.38. The normalized spacial score (nSPS) is 15.4. The molecule has 144 valence electrons.